The molecule has 1 saturated heterocycles. The lowest BCUT2D eigenvalue weighted by atomic mass is 9.90. The highest BCUT2D eigenvalue weighted by Gasteiger charge is 2.41. The van der Waals surface area contributed by atoms with E-state index in [1.54, 1.807) is 13.0 Å². The molecular weight excluding hydrogens is 511 g/mol. The third kappa shape index (κ3) is 5.84. The number of likely N-dealkylation sites (tertiary alicyclic amines) is 1. The minimum atomic E-state index is -5.05. The standard InChI is InChI=1S/C25H22F7NO4/c1-23(22(34)35)4-5-33(13-23)10-14-6-18-20(26)8-17(9-21(18)37-11-14)36-12-15-2-3-16(24(27,28)29)7-19(15)25(30,31)32/h2-3,6-9H,4-5,10-13H2,1H3,(H,34,35). The molecule has 1 unspecified atom stereocenters. The zero-order valence-corrected chi connectivity index (χ0v) is 19.5. The van der Waals surface area contributed by atoms with Crippen LogP contribution in [0.25, 0.3) is 6.08 Å². The molecule has 0 radical (unpaired) electrons. The Kier molecular flexibility index (Phi) is 6.91. The number of aliphatic carboxylic acids is 1. The van der Waals surface area contributed by atoms with E-state index >= 15 is 0 Å². The number of rotatable bonds is 6. The van der Waals surface area contributed by atoms with Crippen molar-refractivity contribution in [3.05, 3.63) is 64.0 Å². The van der Waals surface area contributed by atoms with Gasteiger partial charge in [-0.1, -0.05) is 6.07 Å². The SMILES string of the molecule is CC1(C(=O)O)CCN(CC2=Cc3c(F)cc(OCc4ccc(C(F)(F)F)cc4C(F)(F)F)cc3OC2)C1. The van der Waals surface area contributed by atoms with Crippen LogP contribution in [0.4, 0.5) is 30.7 Å². The van der Waals surface area contributed by atoms with Crippen molar-refractivity contribution < 1.29 is 50.1 Å². The molecule has 0 bridgehead atoms. The molecule has 1 N–H and O–H groups in total. The fourth-order valence-electron chi connectivity index (χ4n) is 4.38. The molecular formula is C25H22F7NO4. The summed E-state index contributed by atoms with van der Waals surface area (Å²) in [6, 6.07) is 3.47. The molecule has 2 aromatic rings. The van der Waals surface area contributed by atoms with Crippen LogP contribution in [0.15, 0.2) is 35.9 Å². The molecule has 2 heterocycles. The first-order chi connectivity index (χ1) is 17.2. The second kappa shape index (κ2) is 9.55. The highest BCUT2D eigenvalue weighted by molar-refractivity contribution is 5.75. The van der Waals surface area contributed by atoms with E-state index in [1.807, 2.05) is 4.90 Å². The molecule has 37 heavy (non-hydrogen) atoms. The molecule has 2 aromatic carbocycles. The van der Waals surface area contributed by atoms with Gasteiger partial charge in [0, 0.05) is 30.8 Å². The monoisotopic (exact) mass is 533 g/mol. The third-order valence-corrected chi connectivity index (χ3v) is 6.46. The van der Waals surface area contributed by atoms with Gasteiger partial charge < -0.3 is 14.6 Å². The predicted molar refractivity (Wildman–Crippen MR) is 117 cm³/mol. The molecule has 5 nitrogen and oxygen atoms in total. The van der Waals surface area contributed by atoms with Gasteiger partial charge >= 0.3 is 18.3 Å². The van der Waals surface area contributed by atoms with E-state index in [0.29, 0.717) is 43.8 Å². The van der Waals surface area contributed by atoms with E-state index in [9.17, 15) is 40.6 Å². The Morgan fingerprint density at radius 2 is 1.86 bits per heavy atom. The first-order valence-electron chi connectivity index (χ1n) is 11.2. The minimum absolute atomic E-state index is 0.0149. The molecule has 200 valence electrons. The van der Waals surface area contributed by atoms with Gasteiger partial charge in [0.1, 0.15) is 30.5 Å². The molecule has 4 rings (SSSR count). The van der Waals surface area contributed by atoms with Crippen LogP contribution in [0.1, 0.15) is 35.6 Å². The Morgan fingerprint density at radius 3 is 2.49 bits per heavy atom. The van der Waals surface area contributed by atoms with Gasteiger partial charge in [-0.25, -0.2) is 4.39 Å². The summed E-state index contributed by atoms with van der Waals surface area (Å²) in [5.41, 5.74) is -3.51. The average Bonchev–Trinajstić information content (AvgIpc) is 3.18. The Balaban J connectivity index is 1.49. The van der Waals surface area contributed by atoms with Crippen molar-refractivity contribution in [2.24, 2.45) is 5.41 Å². The van der Waals surface area contributed by atoms with Crippen LogP contribution in [0.3, 0.4) is 0 Å². The van der Waals surface area contributed by atoms with Crippen LogP contribution >= 0.6 is 0 Å². The maximum Gasteiger partial charge on any atom is 0.416 e. The number of carboxylic acid groups (broad SMARTS) is 1. The molecule has 2 aliphatic heterocycles. The van der Waals surface area contributed by atoms with Gasteiger partial charge in [0.2, 0.25) is 0 Å². The molecule has 0 aromatic heterocycles. The summed E-state index contributed by atoms with van der Waals surface area (Å²) in [6.07, 6.45) is -7.94. The highest BCUT2D eigenvalue weighted by Crippen LogP contribution is 2.39. The quantitative estimate of drug-likeness (QED) is 0.461. The van der Waals surface area contributed by atoms with Crippen molar-refractivity contribution in [3.63, 3.8) is 0 Å². The van der Waals surface area contributed by atoms with Crippen molar-refractivity contribution in [2.45, 2.75) is 32.3 Å². The van der Waals surface area contributed by atoms with Gasteiger partial charge in [-0.3, -0.25) is 9.69 Å². The largest absolute Gasteiger partial charge is 0.489 e. The van der Waals surface area contributed by atoms with Crippen molar-refractivity contribution in [1.29, 1.82) is 0 Å². The van der Waals surface area contributed by atoms with Crippen molar-refractivity contribution in [2.75, 3.05) is 26.2 Å². The molecule has 0 spiro atoms. The van der Waals surface area contributed by atoms with Crippen LogP contribution in [0.5, 0.6) is 11.5 Å². The van der Waals surface area contributed by atoms with Crippen molar-refractivity contribution >= 4 is 12.0 Å². The van der Waals surface area contributed by atoms with Gasteiger partial charge in [0.15, 0.2) is 0 Å². The Bertz CT molecular complexity index is 1240. The lowest BCUT2D eigenvalue weighted by Crippen LogP contribution is -2.33. The number of hydrogen-bond acceptors (Lipinski definition) is 4. The normalized spacial score (nSPS) is 20.3. The number of hydrogen-bond donors (Lipinski definition) is 1. The summed E-state index contributed by atoms with van der Waals surface area (Å²) in [6.45, 7) is 2.29. The molecule has 0 amide bonds. The minimum Gasteiger partial charge on any atom is -0.489 e. The fourth-order valence-corrected chi connectivity index (χ4v) is 4.38. The zero-order chi connectivity index (χ0) is 27.2. The number of benzene rings is 2. The van der Waals surface area contributed by atoms with Crippen LogP contribution in [0.2, 0.25) is 0 Å². The predicted octanol–water partition coefficient (Wildman–Crippen LogP) is 6.01. The van der Waals surface area contributed by atoms with Gasteiger partial charge in [-0.2, -0.15) is 26.3 Å². The van der Waals surface area contributed by atoms with Crippen molar-refractivity contribution in [1.82, 2.24) is 4.90 Å². The molecule has 1 atom stereocenters. The molecule has 12 heteroatoms. The lowest BCUT2D eigenvalue weighted by molar-refractivity contribution is -0.147. The zero-order valence-electron chi connectivity index (χ0n) is 19.5. The molecule has 2 aliphatic rings. The number of halogens is 7. The maximum absolute atomic E-state index is 14.8. The fraction of sp³-hybridized carbons (Fsp3) is 0.400. The summed E-state index contributed by atoms with van der Waals surface area (Å²) in [5.74, 6) is -1.70. The van der Waals surface area contributed by atoms with Gasteiger partial charge in [0.25, 0.3) is 0 Å². The van der Waals surface area contributed by atoms with E-state index < -0.39 is 52.9 Å². The van der Waals surface area contributed by atoms with Gasteiger partial charge in [-0.05, 0) is 43.7 Å². The van der Waals surface area contributed by atoms with E-state index in [4.69, 9.17) is 9.47 Å². The summed E-state index contributed by atoms with van der Waals surface area (Å²) in [4.78, 5) is 13.4. The number of fused-ring (bicyclic) bond motifs is 1. The molecule has 0 aliphatic carbocycles. The number of carbonyl (C=O) groups is 1. The maximum atomic E-state index is 14.8. The first-order valence-corrected chi connectivity index (χ1v) is 11.2. The van der Waals surface area contributed by atoms with Gasteiger partial charge in [-0.15, -0.1) is 0 Å². The van der Waals surface area contributed by atoms with Crippen LogP contribution in [0, 0.1) is 11.2 Å². The second-order valence-corrected chi connectivity index (χ2v) is 9.39. The number of carboxylic acids is 1. The number of ether oxygens (including phenoxy) is 2. The van der Waals surface area contributed by atoms with Crippen LogP contribution in [-0.4, -0.2) is 42.2 Å². The van der Waals surface area contributed by atoms with Crippen LogP contribution in [-0.2, 0) is 23.8 Å². The average molecular weight is 533 g/mol. The van der Waals surface area contributed by atoms with Crippen LogP contribution < -0.4 is 9.47 Å². The molecule has 0 saturated carbocycles. The topological polar surface area (TPSA) is 59.0 Å². The van der Waals surface area contributed by atoms with E-state index in [2.05, 4.69) is 0 Å². The third-order valence-electron chi connectivity index (χ3n) is 6.46. The summed E-state index contributed by atoms with van der Waals surface area (Å²) >= 11 is 0. The molecule has 1 fully saturated rings. The lowest BCUT2D eigenvalue weighted by Gasteiger charge is -2.24. The summed E-state index contributed by atoms with van der Waals surface area (Å²) in [5, 5.41) is 9.38. The summed E-state index contributed by atoms with van der Waals surface area (Å²) in [7, 11) is 0. The van der Waals surface area contributed by atoms with E-state index in [0.717, 1.165) is 6.07 Å². The van der Waals surface area contributed by atoms with Crippen molar-refractivity contribution in [3.8, 4) is 11.5 Å². The Morgan fingerprint density at radius 1 is 1.14 bits per heavy atom. The Labute approximate surface area is 207 Å². The number of nitrogens with zero attached hydrogens (tertiary/aromatic N) is 1. The highest BCUT2D eigenvalue weighted by atomic mass is 19.4. The first kappa shape index (κ1) is 26.8. The van der Waals surface area contributed by atoms with E-state index in [1.165, 1.54) is 6.07 Å². The Hall–Kier alpha value is -3.28. The van der Waals surface area contributed by atoms with Gasteiger partial charge in [0.05, 0.1) is 22.1 Å². The number of alkyl halides is 6. The van der Waals surface area contributed by atoms with E-state index in [-0.39, 0.29) is 29.7 Å². The smallest absolute Gasteiger partial charge is 0.416 e. The summed E-state index contributed by atoms with van der Waals surface area (Å²) < 4.78 is 104. The second-order valence-electron chi connectivity index (χ2n) is 9.39.